The fraction of sp³-hybridized carbons (Fsp3) is 0.929. The van der Waals surface area contributed by atoms with Crippen LogP contribution in [0, 0.1) is 0 Å². The Hall–Kier alpha value is -0.730. The van der Waals surface area contributed by atoms with Crippen LogP contribution in [0.15, 0.2) is 0 Å². The van der Waals surface area contributed by atoms with Gasteiger partial charge in [-0.2, -0.15) is 0 Å². The van der Waals surface area contributed by atoms with Gasteiger partial charge in [0.1, 0.15) is 22.4 Å². The molecule has 0 aliphatic carbocycles. The Labute approximate surface area is 125 Å². The van der Waals surface area contributed by atoms with Gasteiger partial charge in [-0.25, -0.2) is 0 Å². The zero-order valence-corrected chi connectivity index (χ0v) is 12.9. The molecule has 0 radical (unpaired) electrons. The van der Waals surface area contributed by atoms with Gasteiger partial charge >= 0.3 is 0 Å². The lowest BCUT2D eigenvalue weighted by atomic mass is 9.60. The van der Waals surface area contributed by atoms with Gasteiger partial charge in [0, 0.05) is 14.2 Å². The minimum Gasteiger partial charge on any atom is -0.547 e. The number of carbonyl (C=O) groups is 1. The molecule has 7 heteroatoms. The summed E-state index contributed by atoms with van der Waals surface area (Å²) >= 11 is 0. The molecule has 1 saturated heterocycles. The van der Waals surface area contributed by atoms with Crippen molar-refractivity contribution in [1.29, 1.82) is 0 Å². The molecule has 1 aliphatic heterocycles. The summed E-state index contributed by atoms with van der Waals surface area (Å²) in [6, 6.07) is 0. The topological polar surface area (TPSA) is 108 Å². The van der Waals surface area contributed by atoms with Crippen LogP contribution in [0.3, 0.4) is 0 Å². The molecule has 0 bridgehead atoms. The second-order valence-electron chi connectivity index (χ2n) is 5.95. The molecule has 0 spiro atoms. The third-order valence-corrected chi connectivity index (χ3v) is 5.26. The summed E-state index contributed by atoms with van der Waals surface area (Å²) in [6.45, 7) is 6.47. The van der Waals surface area contributed by atoms with E-state index in [1.807, 2.05) is 0 Å². The van der Waals surface area contributed by atoms with E-state index < -0.39 is 34.2 Å². The molecule has 5 atom stereocenters. The Kier molecular flexibility index (Phi) is 4.99. The molecule has 0 aromatic heterocycles. The number of aliphatic hydroxyl groups is 2. The highest BCUT2D eigenvalue weighted by molar-refractivity contribution is 5.78. The number of hydrogen-bond acceptors (Lipinski definition) is 7. The van der Waals surface area contributed by atoms with Crippen LogP contribution in [0.25, 0.3) is 0 Å². The third-order valence-electron chi connectivity index (χ3n) is 5.26. The van der Waals surface area contributed by atoms with Crippen molar-refractivity contribution in [2.45, 2.75) is 70.2 Å². The Morgan fingerprint density at radius 2 is 1.43 bits per heavy atom. The summed E-state index contributed by atoms with van der Waals surface area (Å²) in [4.78, 5) is 11.6. The van der Waals surface area contributed by atoms with Crippen LogP contribution in [0.1, 0.15) is 42.0 Å². The fourth-order valence-corrected chi connectivity index (χ4v) is 2.83. The Bertz CT molecular complexity index is 420. The van der Waals surface area contributed by atoms with Crippen molar-refractivity contribution in [3.05, 3.63) is 0 Å². The second-order valence-corrected chi connectivity index (χ2v) is 5.95. The first-order chi connectivity index (χ1) is 8.77. The molecule has 0 amide bonds. The molecule has 0 aromatic rings. The van der Waals surface area contributed by atoms with Gasteiger partial charge < -0.3 is 34.3 Å². The van der Waals surface area contributed by atoms with E-state index in [2.05, 4.69) is 0 Å². The van der Waals surface area contributed by atoms with Crippen molar-refractivity contribution < 1.29 is 34.3 Å². The molecule has 1 heterocycles. The molecule has 0 aromatic carbocycles. The second kappa shape index (κ2) is 5.17. The predicted molar refractivity (Wildman–Crippen MR) is 73.3 cm³/mol. The van der Waals surface area contributed by atoms with E-state index in [1.54, 1.807) is 0 Å². The van der Waals surface area contributed by atoms with Crippen LogP contribution in [-0.4, -0.2) is 58.6 Å². The zero-order valence-electron chi connectivity index (χ0n) is 12.9. The van der Waals surface area contributed by atoms with Crippen molar-refractivity contribution in [3.8, 4) is 0 Å². The van der Waals surface area contributed by atoms with Crippen LogP contribution in [-0.2, 0) is 19.0 Å². The number of hydrogen-bond donors (Lipinski definition) is 2. The highest BCUT2D eigenvalue weighted by Gasteiger charge is 2.75. The van der Waals surface area contributed by atoms with Crippen LogP contribution in [0.4, 0.5) is 0 Å². The number of carboxylic acids is 1. The van der Waals surface area contributed by atoms with Gasteiger partial charge in [0.2, 0.25) is 0 Å². The smallest absolute Gasteiger partial charge is 0.198 e. The Balaban J connectivity index is 0.00000400. The summed E-state index contributed by atoms with van der Waals surface area (Å²) in [5.41, 5.74) is -7.78. The lowest BCUT2D eigenvalue weighted by Crippen LogP contribution is -2.86. The molecule has 7 nitrogen and oxygen atoms in total. The first kappa shape index (κ1) is 20.3. The van der Waals surface area contributed by atoms with Crippen molar-refractivity contribution in [2.75, 3.05) is 14.2 Å². The number of methoxy groups -OCH3 is 2. The number of carboxylic acid groups (broad SMARTS) is 1. The van der Waals surface area contributed by atoms with Crippen LogP contribution in [0.2, 0.25) is 0 Å². The van der Waals surface area contributed by atoms with Crippen molar-refractivity contribution in [1.82, 2.24) is 0 Å². The molecule has 126 valence electrons. The van der Waals surface area contributed by atoms with E-state index >= 15 is 0 Å². The van der Waals surface area contributed by atoms with Gasteiger partial charge in [-0.15, -0.1) is 0 Å². The molecular formula is C14H27O7-. The maximum Gasteiger partial charge on any atom is 0.198 e. The van der Waals surface area contributed by atoms with E-state index in [1.165, 1.54) is 48.8 Å². The van der Waals surface area contributed by atoms with Gasteiger partial charge in [0.05, 0.1) is 5.97 Å². The van der Waals surface area contributed by atoms with Crippen LogP contribution < -0.4 is 5.11 Å². The number of aliphatic carboxylic acids is 1. The van der Waals surface area contributed by atoms with E-state index in [9.17, 15) is 20.1 Å². The lowest BCUT2D eigenvalue weighted by molar-refractivity contribution is -0.459. The summed E-state index contributed by atoms with van der Waals surface area (Å²) in [5.74, 6) is -3.36. The minimum atomic E-state index is -2.04. The Morgan fingerprint density at radius 3 is 1.71 bits per heavy atom. The predicted octanol–water partition coefficient (Wildman–Crippen LogP) is -0.569. The van der Waals surface area contributed by atoms with E-state index in [0.29, 0.717) is 0 Å². The standard InChI is InChI=1S/C13H24O7.CH4/c1-9(8(14)15)12(4,18-6)10(2,16)11(3,17)13(5,19-7)20-9;/h16-17H,1-7H3,(H,14,15);1H4/p-1/t9?,10?,11-,12-,13-;/m1./s1. The zero-order chi connectivity index (χ0) is 16.2. The summed E-state index contributed by atoms with van der Waals surface area (Å²) in [5, 5.41) is 33.1. The van der Waals surface area contributed by atoms with E-state index in [4.69, 9.17) is 14.2 Å². The monoisotopic (exact) mass is 307 g/mol. The SMILES string of the molecule is C.CO[C@]1(C)C(C)(C(=O)[O-])O[C@@](C)(OC)[C@](C)(O)C1(C)O. The summed E-state index contributed by atoms with van der Waals surface area (Å²) in [6.07, 6.45) is 0. The van der Waals surface area contributed by atoms with Gasteiger partial charge in [-0.3, -0.25) is 0 Å². The average molecular weight is 307 g/mol. The summed E-state index contributed by atoms with van der Waals surface area (Å²) < 4.78 is 15.9. The van der Waals surface area contributed by atoms with Gasteiger partial charge in [0.25, 0.3) is 0 Å². The number of ether oxygens (including phenoxy) is 3. The molecule has 0 saturated carbocycles. The largest absolute Gasteiger partial charge is 0.547 e. The quantitative estimate of drug-likeness (QED) is 0.719. The normalized spacial score (nSPS) is 50.3. The van der Waals surface area contributed by atoms with Crippen molar-refractivity contribution >= 4 is 5.97 Å². The Morgan fingerprint density at radius 1 is 1.00 bits per heavy atom. The highest BCUT2D eigenvalue weighted by Crippen LogP contribution is 2.54. The fourth-order valence-electron chi connectivity index (χ4n) is 2.83. The first-order valence-electron chi connectivity index (χ1n) is 6.24. The van der Waals surface area contributed by atoms with Crippen LogP contribution >= 0.6 is 0 Å². The lowest BCUT2D eigenvalue weighted by Gasteiger charge is -2.66. The number of rotatable bonds is 3. The van der Waals surface area contributed by atoms with Gasteiger partial charge in [-0.1, -0.05) is 7.43 Å². The maximum atomic E-state index is 11.6. The summed E-state index contributed by atoms with van der Waals surface area (Å²) in [7, 11) is 2.47. The van der Waals surface area contributed by atoms with Crippen molar-refractivity contribution in [3.63, 3.8) is 0 Å². The highest BCUT2D eigenvalue weighted by atomic mass is 16.7. The number of carbonyl (C=O) groups excluding carboxylic acids is 1. The molecule has 21 heavy (non-hydrogen) atoms. The molecule has 2 N–H and O–H groups in total. The maximum absolute atomic E-state index is 11.6. The molecule has 1 rings (SSSR count). The molecule has 1 fully saturated rings. The first-order valence-corrected chi connectivity index (χ1v) is 6.24. The molecular weight excluding hydrogens is 280 g/mol. The average Bonchev–Trinajstić information content (AvgIpc) is 2.34. The van der Waals surface area contributed by atoms with E-state index in [-0.39, 0.29) is 7.43 Å². The third kappa shape index (κ3) is 2.03. The van der Waals surface area contributed by atoms with Gasteiger partial charge in [-0.05, 0) is 34.6 Å². The molecule has 1 aliphatic rings. The van der Waals surface area contributed by atoms with Crippen LogP contribution in [0.5, 0.6) is 0 Å². The molecule has 2 unspecified atom stereocenters. The van der Waals surface area contributed by atoms with E-state index in [0.717, 1.165) is 0 Å². The minimum absolute atomic E-state index is 0. The van der Waals surface area contributed by atoms with Gasteiger partial charge in [0.15, 0.2) is 5.79 Å². The van der Waals surface area contributed by atoms with Crippen molar-refractivity contribution in [2.24, 2.45) is 0 Å².